The molecule has 0 rings (SSSR count). The van der Waals surface area contributed by atoms with E-state index in [9.17, 15) is 4.79 Å². The van der Waals surface area contributed by atoms with Gasteiger partial charge < -0.3 is 16.0 Å². The number of amides is 1. The molecule has 0 aliphatic rings. The van der Waals surface area contributed by atoms with E-state index >= 15 is 0 Å². The minimum Gasteiger partial charge on any atom is -0.363 e. The summed E-state index contributed by atoms with van der Waals surface area (Å²) in [7, 11) is 1.59. The number of likely N-dealkylation sites (N-methyl/N-ethyl adjacent to an activating group) is 1. The molecule has 1 atom stereocenters. The Morgan fingerprint density at radius 1 is 1.58 bits per heavy atom. The first kappa shape index (κ1) is 11.2. The van der Waals surface area contributed by atoms with E-state index in [0.717, 1.165) is 6.54 Å². The second-order valence-electron chi connectivity index (χ2n) is 2.34. The lowest BCUT2D eigenvalue weighted by Crippen LogP contribution is -2.47. The van der Waals surface area contributed by atoms with E-state index in [-0.39, 0.29) is 11.9 Å². The van der Waals surface area contributed by atoms with Crippen LogP contribution in [0.5, 0.6) is 0 Å². The quantitative estimate of drug-likeness (QED) is 0.529. The van der Waals surface area contributed by atoms with Crippen LogP contribution >= 0.6 is 12.2 Å². The van der Waals surface area contributed by atoms with Crippen LogP contribution < -0.4 is 16.0 Å². The molecule has 0 fully saturated rings. The molecular formula is C7H15N3OS. The average molecular weight is 189 g/mol. The normalized spacial score (nSPS) is 11.6. The highest BCUT2D eigenvalue weighted by Gasteiger charge is 2.10. The van der Waals surface area contributed by atoms with Crippen molar-refractivity contribution in [3.8, 4) is 0 Å². The summed E-state index contributed by atoms with van der Waals surface area (Å²) in [6, 6.07) is -0.290. The molecule has 12 heavy (non-hydrogen) atoms. The molecule has 0 unspecified atom stereocenters. The summed E-state index contributed by atoms with van der Waals surface area (Å²) in [6.07, 6.45) is 0. The molecule has 0 aliphatic carbocycles. The molecule has 0 heterocycles. The van der Waals surface area contributed by atoms with Crippen LogP contribution in [0, 0.1) is 0 Å². The number of carbonyl (C=O) groups excluding carboxylic acids is 1. The van der Waals surface area contributed by atoms with Crippen molar-refractivity contribution < 1.29 is 4.79 Å². The van der Waals surface area contributed by atoms with Gasteiger partial charge in [-0.15, -0.1) is 0 Å². The Kier molecular flexibility index (Phi) is 5.36. The number of thiocarbonyl (C=S) groups is 1. The molecule has 0 spiro atoms. The summed E-state index contributed by atoms with van der Waals surface area (Å²) in [5, 5.41) is 8.77. The number of rotatable bonds is 3. The van der Waals surface area contributed by atoms with Gasteiger partial charge in [0.2, 0.25) is 5.91 Å². The fourth-order valence-electron chi connectivity index (χ4n) is 0.690. The SMILES string of the molecule is CCNC(=S)N[C@H](C)C(=O)NC. The Hall–Kier alpha value is -0.840. The van der Waals surface area contributed by atoms with E-state index in [4.69, 9.17) is 12.2 Å². The van der Waals surface area contributed by atoms with Crippen molar-refractivity contribution in [3.05, 3.63) is 0 Å². The standard InChI is InChI=1S/C7H15N3OS/c1-4-9-7(12)10-5(2)6(11)8-3/h5H,4H2,1-3H3,(H,8,11)(H2,9,10,12)/t5-/m1/s1. The van der Waals surface area contributed by atoms with Gasteiger partial charge in [0.05, 0.1) is 0 Å². The number of hydrogen-bond donors (Lipinski definition) is 3. The van der Waals surface area contributed by atoms with Crippen molar-refractivity contribution in [2.45, 2.75) is 19.9 Å². The molecule has 1 amide bonds. The van der Waals surface area contributed by atoms with Crippen molar-refractivity contribution in [3.63, 3.8) is 0 Å². The highest BCUT2D eigenvalue weighted by atomic mass is 32.1. The van der Waals surface area contributed by atoms with Gasteiger partial charge in [-0.1, -0.05) is 0 Å². The molecule has 5 heteroatoms. The molecule has 0 saturated carbocycles. The van der Waals surface area contributed by atoms with Crippen molar-refractivity contribution in [1.29, 1.82) is 0 Å². The van der Waals surface area contributed by atoms with Gasteiger partial charge in [-0.3, -0.25) is 4.79 Å². The summed E-state index contributed by atoms with van der Waals surface area (Å²) in [5.41, 5.74) is 0. The van der Waals surface area contributed by atoms with Gasteiger partial charge in [-0.2, -0.15) is 0 Å². The third-order valence-electron chi connectivity index (χ3n) is 1.32. The maximum Gasteiger partial charge on any atom is 0.242 e. The minimum atomic E-state index is -0.290. The second kappa shape index (κ2) is 5.77. The van der Waals surface area contributed by atoms with Crippen molar-refractivity contribution >= 4 is 23.2 Å². The Morgan fingerprint density at radius 2 is 2.17 bits per heavy atom. The minimum absolute atomic E-state index is 0.0738. The maximum absolute atomic E-state index is 11.0. The maximum atomic E-state index is 11.0. The molecular weight excluding hydrogens is 174 g/mol. The fourth-order valence-corrected chi connectivity index (χ4v) is 1.01. The van der Waals surface area contributed by atoms with Crippen LogP contribution in [0.3, 0.4) is 0 Å². The zero-order valence-electron chi connectivity index (χ0n) is 7.60. The van der Waals surface area contributed by atoms with Crippen LogP contribution in [-0.2, 0) is 4.79 Å². The van der Waals surface area contributed by atoms with E-state index < -0.39 is 0 Å². The lowest BCUT2D eigenvalue weighted by Gasteiger charge is -2.14. The first-order chi connectivity index (χ1) is 5.61. The van der Waals surface area contributed by atoms with Crippen molar-refractivity contribution in [2.75, 3.05) is 13.6 Å². The highest BCUT2D eigenvalue weighted by Crippen LogP contribution is 1.80. The fraction of sp³-hybridized carbons (Fsp3) is 0.714. The molecule has 0 aliphatic heterocycles. The predicted molar refractivity (Wildman–Crippen MR) is 52.9 cm³/mol. The molecule has 70 valence electrons. The molecule has 0 aromatic rings. The van der Waals surface area contributed by atoms with Crippen LogP contribution in [0.4, 0.5) is 0 Å². The molecule has 4 nitrogen and oxygen atoms in total. The molecule has 3 N–H and O–H groups in total. The Labute approximate surface area is 78.1 Å². The Bertz CT molecular complexity index is 172. The van der Waals surface area contributed by atoms with Crippen LogP contribution in [0.15, 0.2) is 0 Å². The summed E-state index contributed by atoms with van der Waals surface area (Å²) in [5.74, 6) is -0.0738. The van der Waals surface area contributed by atoms with E-state index in [0.29, 0.717) is 5.11 Å². The van der Waals surface area contributed by atoms with Gasteiger partial charge >= 0.3 is 0 Å². The van der Waals surface area contributed by atoms with Gasteiger partial charge in [0, 0.05) is 13.6 Å². The van der Waals surface area contributed by atoms with Crippen molar-refractivity contribution in [1.82, 2.24) is 16.0 Å². The first-order valence-electron chi connectivity index (χ1n) is 3.87. The lowest BCUT2D eigenvalue weighted by atomic mass is 10.3. The summed E-state index contributed by atoms with van der Waals surface area (Å²) in [6.45, 7) is 4.45. The van der Waals surface area contributed by atoms with Gasteiger partial charge in [0.1, 0.15) is 6.04 Å². The number of nitrogens with one attached hydrogen (secondary N) is 3. The Balaban J connectivity index is 3.75. The predicted octanol–water partition coefficient (Wildman–Crippen LogP) is -0.395. The molecule has 0 bridgehead atoms. The van der Waals surface area contributed by atoms with Crippen LogP contribution in [0.1, 0.15) is 13.8 Å². The summed E-state index contributed by atoms with van der Waals surface area (Å²) in [4.78, 5) is 11.0. The molecule has 0 aromatic heterocycles. The van der Waals surface area contributed by atoms with Gasteiger partial charge in [-0.05, 0) is 26.1 Å². The topological polar surface area (TPSA) is 53.2 Å². The zero-order valence-corrected chi connectivity index (χ0v) is 8.42. The van der Waals surface area contributed by atoms with Crippen LogP contribution in [0.2, 0.25) is 0 Å². The summed E-state index contributed by atoms with van der Waals surface area (Å²) < 4.78 is 0. The third kappa shape index (κ3) is 4.12. The van der Waals surface area contributed by atoms with E-state index in [1.54, 1.807) is 14.0 Å². The second-order valence-corrected chi connectivity index (χ2v) is 2.75. The van der Waals surface area contributed by atoms with Crippen molar-refractivity contribution in [2.24, 2.45) is 0 Å². The van der Waals surface area contributed by atoms with Gasteiger partial charge in [0.25, 0.3) is 0 Å². The van der Waals surface area contributed by atoms with Gasteiger partial charge in [0.15, 0.2) is 5.11 Å². The third-order valence-corrected chi connectivity index (χ3v) is 1.59. The Morgan fingerprint density at radius 3 is 2.58 bits per heavy atom. The average Bonchev–Trinajstić information content (AvgIpc) is 2.03. The van der Waals surface area contributed by atoms with Crippen LogP contribution in [-0.4, -0.2) is 30.7 Å². The lowest BCUT2D eigenvalue weighted by molar-refractivity contribution is -0.121. The number of carbonyl (C=O) groups is 1. The molecule has 0 radical (unpaired) electrons. The summed E-state index contributed by atoms with van der Waals surface area (Å²) >= 11 is 4.89. The molecule has 0 aromatic carbocycles. The first-order valence-corrected chi connectivity index (χ1v) is 4.28. The highest BCUT2D eigenvalue weighted by molar-refractivity contribution is 7.80. The van der Waals surface area contributed by atoms with Gasteiger partial charge in [-0.25, -0.2) is 0 Å². The number of hydrogen-bond acceptors (Lipinski definition) is 2. The van der Waals surface area contributed by atoms with E-state index in [1.807, 2.05) is 6.92 Å². The van der Waals surface area contributed by atoms with Crippen LogP contribution in [0.25, 0.3) is 0 Å². The van der Waals surface area contributed by atoms with E-state index in [2.05, 4.69) is 16.0 Å². The van der Waals surface area contributed by atoms with E-state index in [1.165, 1.54) is 0 Å². The zero-order chi connectivity index (χ0) is 9.56. The smallest absolute Gasteiger partial charge is 0.242 e. The monoisotopic (exact) mass is 189 g/mol. The molecule has 0 saturated heterocycles. The largest absolute Gasteiger partial charge is 0.363 e.